The maximum atomic E-state index is 12.5. The van der Waals surface area contributed by atoms with E-state index in [1.165, 1.54) is 4.90 Å². The van der Waals surface area contributed by atoms with E-state index in [-0.39, 0.29) is 22.6 Å². The lowest BCUT2D eigenvalue weighted by molar-refractivity contribution is -0.883. The number of rotatable bonds is 2. The van der Waals surface area contributed by atoms with Gasteiger partial charge in [-0.1, -0.05) is 0 Å². The van der Waals surface area contributed by atoms with E-state index in [2.05, 4.69) is 7.05 Å². The highest BCUT2D eigenvalue weighted by molar-refractivity contribution is 6.14. The number of piperazine rings is 1. The monoisotopic (exact) mass is 263 g/mol. The second-order valence-corrected chi connectivity index (χ2v) is 4.97. The molecule has 1 amide bonds. The number of furan rings is 2. The fourth-order valence-corrected chi connectivity index (χ4v) is 2.53. The summed E-state index contributed by atoms with van der Waals surface area (Å²) in [6, 6.07) is 3.24. The van der Waals surface area contributed by atoms with Crippen LogP contribution in [0.25, 0.3) is 11.2 Å². The van der Waals surface area contributed by atoms with Crippen LogP contribution in [0.5, 0.6) is 0 Å². The predicted molar refractivity (Wildman–Crippen MR) is 66.9 cm³/mol. The third kappa shape index (κ3) is 1.84. The summed E-state index contributed by atoms with van der Waals surface area (Å²) in [5.74, 6) is -1.35. The van der Waals surface area contributed by atoms with Crippen LogP contribution < -0.4 is 4.90 Å². The number of carboxylic acids is 1. The number of hydrogen-bond acceptors (Lipinski definition) is 3. The number of carbonyl (C=O) groups excluding carboxylic acids is 1. The number of benzene rings is 1. The maximum Gasteiger partial charge on any atom is 0.340 e. The Balaban J connectivity index is 1.94. The molecule has 1 saturated heterocycles. The molecule has 2 aromatic heterocycles. The second-order valence-electron chi connectivity index (χ2n) is 4.97. The fourth-order valence-electron chi connectivity index (χ4n) is 2.53. The maximum absolute atomic E-state index is 12.5. The minimum atomic E-state index is -1.11. The summed E-state index contributed by atoms with van der Waals surface area (Å²) >= 11 is 0. The number of fused-ring (bicyclic) bond motifs is 2. The molecule has 0 atom stereocenters. The highest BCUT2D eigenvalue weighted by Crippen LogP contribution is 2.29. The number of aromatic carboxylic acids is 1. The average molecular weight is 263 g/mol. The molecule has 6 nitrogen and oxygen atoms in total. The minimum Gasteiger partial charge on any atom is -0.478 e. The summed E-state index contributed by atoms with van der Waals surface area (Å²) in [4.78, 5) is 26.8. The number of nitrogens with one attached hydrogen (secondary N) is 1. The number of likely N-dealkylation sites (N-methyl/N-ethyl adjacent to an activating group) is 1. The lowest BCUT2D eigenvalue weighted by Gasteiger charge is -2.30. The van der Waals surface area contributed by atoms with Gasteiger partial charge in [0.15, 0.2) is 0 Å². The van der Waals surface area contributed by atoms with Crippen molar-refractivity contribution in [2.45, 2.75) is 0 Å². The highest BCUT2D eigenvalue weighted by atomic mass is 16.4. The summed E-state index contributed by atoms with van der Waals surface area (Å²) in [7, 11) is 2.08. The Hall–Kier alpha value is -2.08. The summed E-state index contributed by atoms with van der Waals surface area (Å²) in [6.45, 7) is 3.05. The van der Waals surface area contributed by atoms with Gasteiger partial charge in [-0.25, -0.2) is 4.79 Å². The summed E-state index contributed by atoms with van der Waals surface area (Å²) in [6.07, 6.45) is 0. The zero-order valence-corrected chi connectivity index (χ0v) is 10.6. The van der Waals surface area contributed by atoms with Gasteiger partial charge in [-0.2, -0.15) is 0 Å². The van der Waals surface area contributed by atoms with Crippen molar-refractivity contribution in [2.24, 2.45) is 0 Å². The van der Waals surface area contributed by atoms with E-state index >= 15 is 0 Å². The van der Waals surface area contributed by atoms with Gasteiger partial charge in [-0.3, -0.25) is 4.79 Å². The van der Waals surface area contributed by atoms with Gasteiger partial charge in [-0.15, -0.1) is 0 Å². The van der Waals surface area contributed by atoms with Crippen LogP contribution in [0.4, 0.5) is 0 Å². The van der Waals surface area contributed by atoms with Crippen molar-refractivity contribution in [3.63, 3.8) is 0 Å². The summed E-state index contributed by atoms with van der Waals surface area (Å²) < 4.78 is 5.31. The van der Waals surface area contributed by atoms with Crippen molar-refractivity contribution < 1.29 is 24.0 Å². The topological polar surface area (TPSA) is 75.2 Å². The van der Waals surface area contributed by atoms with E-state index in [0.717, 1.165) is 13.1 Å². The Labute approximate surface area is 109 Å². The third-order valence-electron chi connectivity index (χ3n) is 3.68. The SMILES string of the molecule is C[NH+]1CCN(C(=O)c2c(C(=O)O)c3ccc2o3)CC1. The number of amides is 1. The molecule has 0 spiro atoms. The van der Waals surface area contributed by atoms with Gasteiger partial charge >= 0.3 is 5.97 Å². The van der Waals surface area contributed by atoms with Gasteiger partial charge in [0.1, 0.15) is 22.3 Å². The van der Waals surface area contributed by atoms with E-state index < -0.39 is 5.97 Å². The first kappa shape index (κ1) is 12.0. The van der Waals surface area contributed by atoms with Crippen LogP contribution in [0.15, 0.2) is 16.5 Å². The van der Waals surface area contributed by atoms with Crippen molar-refractivity contribution in [1.82, 2.24) is 4.90 Å². The largest absolute Gasteiger partial charge is 0.478 e. The molecule has 2 N–H and O–H groups in total. The second kappa shape index (κ2) is 4.24. The van der Waals surface area contributed by atoms with Crippen LogP contribution in [-0.4, -0.2) is 55.1 Å². The van der Waals surface area contributed by atoms with E-state index in [1.807, 2.05) is 0 Å². The van der Waals surface area contributed by atoms with Crippen LogP contribution in [0.2, 0.25) is 0 Å². The minimum absolute atomic E-state index is 0.00576. The summed E-state index contributed by atoms with van der Waals surface area (Å²) in [5.41, 5.74) is 0.826. The number of carbonyl (C=O) groups is 2. The Morgan fingerprint density at radius 2 is 1.79 bits per heavy atom. The van der Waals surface area contributed by atoms with Crippen LogP contribution >= 0.6 is 0 Å². The number of quaternary nitrogens is 1. The first-order chi connectivity index (χ1) is 9.08. The lowest BCUT2D eigenvalue weighted by Crippen LogP contribution is -3.12. The lowest BCUT2D eigenvalue weighted by atomic mass is 10.1. The molecule has 2 bridgehead atoms. The van der Waals surface area contributed by atoms with Crippen LogP contribution in [-0.2, 0) is 0 Å². The van der Waals surface area contributed by atoms with E-state index in [4.69, 9.17) is 4.42 Å². The van der Waals surface area contributed by atoms with Gasteiger partial charge < -0.3 is 19.3 Å². The number of nitrogens with zero attached hydrogens (tertiary/aromatic N) is 1. The van der Waals surface area contributed by atoms with Crippen molar-refractivity contribution >= 4 is 23.0 Å². The normalized spacial score (nSPS) is 17.2. The number of hydrogen-bond donors (Lipinski definition) is 2. The zero-order valence-electron chi connectivity index (χ0n) is 10.6. The van der Waals surface area contributed by atoms with Crippen LogP contribution in [0, 0.1) is 0 Å². The Morgan fingerprint density at radius 1 is 1.21 bits per heavy atom. The molecule has 19 heavy (non-hydrogen) atoms. The Morgan fingerprint density at radius 3 is 2.37 bits per heavy atom. The molecule has 1 fully saturated rings. The standard InChI is InChI=1S/C13H14N2O4/c1-14-4-6-15(7-5-14)12(16)10-8-2-3-9(19-8)11(10)13(17)18/h2-3H,4-7H2,1H3,(H,17,18)/p+1. The van der Waals surface area contributed by atoms with Gasteiger partial charge in [0, 0.05) is 0 Å². The molecule has 0 aromatic carbocycles. The molecule has 6 heteroatoms. The molecule has 1 aliphatic heterocycles. The third-order valence-corrected chi connectivity index (χ3v) is 3.68. The van der Waals surface area contributed by atoms with Gasteiger partial charge in [0.05, 0.1) is 33.2 Å². The molecule has 0 saturated carbocycles. The molecular formula is C13H15N2O4+. The molecule has 0 aliphatic carbocycles. The van der Waals surface area contributed by atoms with Crippen molar-refractivity contribution in [2.75, 3.05) is 33.2 Å². The first-order valence-corrected chi connectivity index (χ1v) is 6.26. The molecular weight excluding hydrogens is 248 g/mol. The summed E-state index contributed by atoms with van der Waals surface area (Å²) in [5, 5.41) is 9.21. The zero-order chi connectivity index (χ0) is 13.6. The molecule has 2 aromatic rings. The van der Waals surface area contributed by atoms with Crippen LogP contribution in [0.1, 0.15) is 20.7 Å². The van der Waals surface area contributed by atoms with E-state index in [1.54, 1.807) is 17.0 Å². The Bertz CT molecular complexity index is 625. The first-order valence-electron chi connectivity index (χ1n) is 6.26. The number of carboxylic acid groups (broad SMARTS) is 1. The predicted octanol–water partition coefficient (Wildman–Crippen LogP) is -0.461. The van der Waals surface area contributed by atoms with E-state index in [9.17, 15) is 14.7 Å². The quantitative estimate of drug-likeness (QED) is 0.769. The smallest absolute Gasteiger partial charge is 0.340 e. The molecule has 0 unspecified atom stereocenters. The van der Waals surface area contributed by atoms with Gasteiger partial charge in [0.25, 0.3) is 5.91 Å². The van der Waals surface area contributed by atoms with Gasteiger partial charge in [-0.05, 0) is 12.1 Å². The highest BCUT2D eigenvalue weighted by Gasteiger charge is 2.31. The molecule has 3 rings (SSSR count). The molecule has 3 heterocycles. The molecule has 1 aliphatic rings. The Kier molecular flexibility index (Phi) is 2.67. The van der Waals surface area contributed by atoms with Gasteiger partial charge in [0.2, 0.25) is 0 Å². The van der Waals surface area contributed by atoms with Crippen molar-refractivity contribution in [3.05, 3.63) is 23.3 Å². The van der Waals surface area contributed by atoms with Crippen molar-refractivity contribution in [3.8, 4) is 0 Å². The molecule has 0 radical (unpaired) electrons. The van der Waals surface area contributed by atoms with E-state index in [0.29, 0.717) is 18.7 Å². The molecule has 100 valence electrons. The average Bonchev–Trinajstić information content (AvgIpc) is 2.98. The van der Waals surface area contributed by atoms with Crippen LogP contribution in [0.3, 0.4) is 0 Å². The van der Waals surface area contributed by atoms with Crippen molar-refractivity contribution in [1.29, 1.82) is 0 Å². The fraction of sp³-hybridized carbons (Fsp3) is 0.385.